The van der Waals surface area contributed by atoms with Gasteiger partial charge in [-0.1, -0.05) is 30.3 Å². The molecule has 1 unspecified atom stereocenters. The molecule has 1 amide bonds. The van der Waals surface area contributed by atoms with Crippen LogP contribution >= 0.6 is 0 Å². The standard InChI is InChI=1S/C15H17NO3/c17-10-4-9-14(18)16-15(13-8-5-11-19-13)12-6-2-1-3-7-12/h1-3,5-8,11,15,17H,4,9-10H2,(H,16,18). The summed E-state index contributed by atoms with van der Waals surface area (Å²) in [5.74, 6) is 0.600. The summed E-state index contributed by atoms with van der Waals surface area (Å²) < 4.78 is 5.39. The van der Waals surface area contributed by atoms with Gasteiger partial charge in [0.1, 0.15) is 11.8 Å². The average Bonchev–Trinajstić information content (AvgIpc) is 2.97. The topological polar surface area (TPSA) is 62.5 Å². The zero-order valence-corrected chi connectivity index (χ0v) is 10.6. The lowest BCUT2D eigenvalue weighted by molar-refractivity contribution is -0.122. The van der Waals surface area contributed by atoms with Crippen molar-refractivity contribution in [1.29, 1.82) is 0 Å². The third-order valence-corrected chi connectivity index (χ3v) is 2.83. The Labute approximate surface area is 112 Å². The maximum Gasteiger partial charge on any atom is 0.220 e. The van der Waals surface area contributed by atoms with Gasteiger partial charge in [0.05, 0.1) is 6.26 Å². The van der Waals surface area contributed by atoms with Gasteiger partial charge in [0.15, 0.2) is 0 Å². The largest absolute Gasteiger partial charge is 0.467 e. The van der Waals surface area contributed by atoms with Gasteiger partial charge in [-0.3, -0.25) is 4.79 Å². The molecular weight excluding hydrogens is 242 g/mol. The van der Waals surface area contributed by atoms with E-state index >= 15 is 0 Å². The first-order valence-corrected chi connectivity index (χ1v) is 6.30. The van der Waals surface area contributed by atoms with Crippen LogP contribution in [-0.4, -0.2) is 17.6 Å². The van der Waals surface area contributed by atoms with Crippen molar-refractivity contribution in [3.8, 4) is 0 Å². The van der Waals surface area contributed by atoms with Crippen molar-refractivity contribution in [2.75, 3.05) is 6.61 Å². The summed E-state index contributed by atoms with van der Waals surface area (Å²) in [6.07, 6.45) is 2.36. The number of hydrogen-bond donors (Lipinski definition) is 2. The average molecular weight is 259 g/mol. The molecule has 1 aromatic heterocycles. The van der Waals surface area contributed by atoms with Crippen LogP contribution in [0, 0.1) is 0 Å². The zero-order chi connectivity index (χ0) is 13.5. The number of carbonyl (C=O) groups is 1. The fourth-order valence-corrected chi connectivity index (χ4v) is 1.89. The lowest BCUT2D eigenvalue weighted by Crippen LogP contribution is -2.29. The SMILES string of the molecule is O=C(CCCO)NC(c1ccccc1)c1ccco1. The predicted molar refractivity (Wildman–Crippen MR) is 71.5 cm³/mol. The van der Waals surface area contributed by atoms with E-state index in [0.29, 0.717) is 18.6 Å². The van der Waals surface area contributed by atoms with E-state index in [2.05, 4.69) is 5.32 Å². The van der Waals surface area contributed by atoms with E-state index in [4.69, 9.17) is 9.52 Å². The van der Waals surface area contributed by atoms with Crippen molar-refractivity contribution >= 4 is 5.91 Å². The highest BCUT2D eigenvalue weighted by Gasteiger charge is 2.18. The van der Waals surface area contributed by atoms with Crippen molar-refractivity contribution in [2.24, 2.45) is 0 Å². The fraction of sp³-hybridized carbons (Fsp3) is 0.267. The molecule has 2 rings (SSSR count). The molecule has 0 radical (unpaired) electrons. The highest BCUT2D eigenvalue weighted by atomic mass is 16.3. The molecular formula is C15H17NO3. The van der Waals surface area contributed by atoms with Gasteiger partial charge in [0, 0.05) is 13.0 Å². The Kier molecular flexibility index (Phi) is 4.75. The van der Waals surface area contributed by atoms with Gasteiger partial charge >= 0.3 is 0 Å². The quantitative estimate of drug-likeness (QED) is 0.836. The molecule has 19 heavy (non-hydrogen) atoms. The molecule has 0 saturated carbocycles. The minimum Gasteiger partial charge on any atom is -0.467 e. The Morgan fingerprint density at radius 3 is 2.63 bits per heavy atom. The fourth-order valence-electron chi connectivity index (χ4n) is 1.89. The number of nitrogens with one attached hydrogen (secondary N) is 1. The summed E-state index contributed by atoms with van der Waals surface area (Å²) in [6, 6.07) is 13.0. The molecule has 100 valence electrons. The van der Waals surface area contributed by atoms with Gasteiger partial charge in [-0.15, -0.1) is 0 Å². The second-order valence-corrected chi connectivity index (χ2v) is 4.25. The first-order chi connectivity index (χ1) is 9.31. The molecule has 0 saturated heterocycles. The van der Waals surface area contributed by atoms with Crippen LogP contribution < -0.4 is 5.32 Å². The van der Waals surface area contributed by atoms with Crippen molar-refractivity contribution in [1.82, 2.24) is 5.32 Å². The van der Waals surface area contributed by atoms with Crippen molar-refractivity contribution < 1.29 is 14.3 Å². The minimum absolute atomic E-state index is 0.0180. The molecule has 0 fully saturated rings. The van der Waals surface area contributed by atoms with E-state index in [-0.39, 0.29) is 18.6 Å². The van der Waals surface area contributed by atoms with Crippen LogP contribution in [-0.2, 0) is 4.79 Å². The molecule has 0 aliphatic heterocycles. The molecule has 4 heteroatoms. The highest BCUT2D eigenvalue weighted by molar-refractivity contribution is 5.76. The number of furan rings is 1. The number of rotatable bonds is 6. The molecule has 1 atom stereocenters. The number of carbonyl (C=O) groups excluding carboxylic acids is 1. The van der Waals surface area contributed by atoms with E-state index in [9.17, 15) is 4.79 Å². The maximum atomic E-state index is 11.8. The van der Waals surface area contributed by atoms with Crippen molar-refractivity contribution in [2.45, 2.75) is 18.9 Å². The number of amides is 1. The minimum atomic E-state index is -0.289. The van der Waals surface area contributed by atoms with Crippen LogP contribution in [0.3, 0.4) is 0 Å². The molecule has 0 aliphatic carbocycles. The predicted octanol–water partition coefficient (Wildman–Crippen LogP) is 2.26. The van der Waals surface area contributed by atoms with E-state index in [0.717, 1.165) is 5.56 Å². The summed E-state index contributed by atoms with van der Waals surface area (Å²) in [7, 11) is 0. The monoisotopic (exact) mass is 259 g/mol. The summed E-state index contributed by atoms with van der Waals surface area (Å²) in [5.41, 5.74) is 0.967. The number of aliphatic hydroxyl groups excluding tert-OH is 1. The zero-order valence-electron chi connectivity index (χ0n) is 10.6. The Balaban J connectivity index is 2.14. The van der Waals surface area contributed by atoms with Crippen molar-refractivity contribution in [3.05, 3.63) is 60.1 Å². The number of benzene rings is 1. The normalized spacial score (nSPS) is 12.1. The van der Waals surface area contributed by atoms with E-state index in [1.807, 2.05) is 36.4 Å². The van der Waals surface area contributed by atoms with Gasteiger partial charge in [-0.2, -0.15) is 0 Å². The van der Waals surface area contributed by atoms with Crippen LogP contribution in [0.2, 0.25) is 0 Å². The van der Waals surface area contributed by atoms with Crippen molar-refractivity contribution in [3.63, 3.8) is 0 Å². The smallest absolute Gasteiger partial charge is 0.220 e. The van der Waals surface area contributed by atoms with Gasteiger partial charge in [-0.25, -0.2) is 0 Å². The van der Waals surface area contributed by atoms with Crippen LogP contribution in [0.1, 0.15) is 30.2 Å². The molecule has 2 N–H and O–H groups in total. The first-order valence-electron chi connectivity index (χ1n) is 6.30. The Hall–Kier alpha value is -2.07. The van der Waals surface area contributed by atoms with E-state index in [1.165, 1.54) is 0 Å². The Bertz CT molecular complexity index is 493. The highest BCUT2D eigenvalue weighted by Crippen LogP contribution is 2.22. The summed E-state index contributed by atoms with van der Waals surface area (Å²) in [4.78, 5) is 11.8. The molecule has 0 bridgehead atoms. The first kappa shape index (κ1) is 13.4. The van der Waals surface area contributed by atoms with Crippen LogP contribution in [0.4, 0.5) is 0 Å². The van der Waals surface area contributed by atoms with Crippen LogP contribution in [0.5, 0.6) is 0 Å². The summed E-state index contributed by atoms with van der Waals surface area (Å²) >= 11 is 0. The maximum absolute atomic E-state index is 11.8. The number of hydrogen-bond acceptors (Lipinski definition) is 3. The third kappa shape index (κ3) is 3.69. The van der Waals surface area contributed by atoms with E-state index < -0.39 is 0 Å². The Morgan fingerprint density at radius 1 is 1.21 bits per heavy atom. The van der Waals surface area contributed by atoms with Gasteiger partial charge in [-0.05, 0) is 24.1 Å². The second-order valence-electron chi connectivity index (χ2n) is 4.25. The van der Waals surface area contributed by atoms with Gasteiger partial charge < -0.3 is 14.8 Å². The van der Waals surface area contributed by atoms with Crippen LogP contribution in [0.15, 0.2) is 53.1 Å². The second kappa shape index (κ2) is 6.75. The van der Waals surface area contributed by atoms with Gasteiger partial charge in [0.25, 0.3) is 0 Å². The molecule has 1 aromatic carbocycles. The third-order valence-electron chi connectivity index (χ3n) is 2.83. The lowest BCUT2D eigenvalue weighted by Gasteiger charge is -2.17. The molecule has 4 nitrogen and oxygen atoms in total. The van der Waals surface area contributed by atoms with E-state index in [1.54, 1.807) is 12.3 Å². The van der Waals surface area contributed by atoms with Gasteiger partial charge in [0.2, 0.25) is 5.91 Å². The summed E-state index contributed by atoms with van der Waals surface area (Å²) in [6.45, 7) is 0.0180. The summed E-state index contributed by atoms with van der Waals surface area (Å²) in [5, 5.41) is 11.7. The van der Waals surface area contributed by atoms with Crippen LogP contribution in [0.25, 0.3) is 0 Å². The molecule has 1 heterocycles. The Morgan fingerprint density at radius 2 is 2.00 bits per heavy atom. The lowest BCUT2D eigenvalue weighted by atomic mass is 10.0. The molecule has 2 aromatic rings. The molecule has 0 aliphatic rings. The number of aliphatic hydroxyl groups is 1. The molecule has 0 spiro atoms.